The second-order valence-electron chi connectivity index (χ2n) is 7.47. The van der Waals surface area contributed by atoms with Gasteiger partial charge in [0.25, 0.3) is 17.5 Å². The Hall–Kier alpha value is -4.59. The number of phenols is 1. The first-order valence-electron chi connectivity index (χ1n) is 10.3. The molecule has 0 fully saturated rings. The predicted octanol–water partition coefficient (Wildman–Crippen LogP) is 3.64. The third-order valence-corrected chi connectivity index (χ3v) is 5.48. The van der Waals surface area contributed by atoms with Crippen LogP contribution in [-0.4, -0.2) is 47.5 Å². The number of benzene rings is 2. The largest absolute Gasteiger partial charge is 0.505 e. The molecule has 1 aromatic heterocycles. The first kappa shape index (κ1) is 23.6. The number of nitrogens with zero attached hydrogens (tertiary/aromatic N) is 6. The summed E-state index contributed by atoms with van der Waals surface area (Å²) in [5.41, 5.74) is 0.130. The van der Waals surface area contributed by atoms with Crippen molar-refractivity contribution in [1.29, 1.82) is 0 Å². The van der Waals surface area contributed by atoms with Crippen LogP contribution < -0.4 is 0 Å². The van der Waals surface area contributed by atoms with Crippen LogP contribution in [0.1, 0.15) is 45.8 Å². The van der Waals surface area contributed by atoms with Crippen LogP contribution >= 0.6 is 12.2 Å². The van der Waals surface area contributed by atoms with Crippen molar-refractivity contribution in [3.8, 4) is 5.75 Å². The first-order chi connectivity index (χ1) is 16.8. The van der Waals surface area contributed by atoms with Gasteiger partial charge in [-0.1, -0.05) is 17.4 Å². The van der Waals surface area contributed by atoms with E-state index in [9.17, 15) is 29.6 Å². The Labute approximate surface area is 201 Å². The molecular formula is C21H17N7O6S. The van der Waals surface area contributed by atoms with Gasteiger partial charge in [-0.05, 0) is 43.3 Å². The molecule has 0 saturated carbocycles. The Morgan fingerprint density at radius 3 is 2.46 bits per heavy atom. The number of hydrogen-bond donors (Lipinski definition) is 2. The smallest absolute Gasteiger partial charge is 0.273 e. The van der Waals surface area contributed by atoms with Gasteiger partial charge in [-0.2, -0.15) is 9.77 Å². The first-order valence-corrected chi connectivity index (χ1v) is 10.7. The number of aryl methyl sites for hydroxylation is 1. The molecule has 2 heterocycles. The molecule has 0 bridgehead atoms. The van der Waals surface area contributed by atoms with Gasteiger partial charge in [-0.15, -0.1) is 5.11 Å². The topological polar surface area (TPSA) is 176 Å². The zero-order chi connectivity index (χ0) is 25.1. The molecule has 0 radical (unpaired) electrons. The zero-order valence-corrected chi connectivity index (χ0v) is 18.8. The SMILES string of the molecule is O=C(CCCCc1n[nH]c(=S)n1N=Nc1ccc([N+](=O)[O-])cc1O)N1C(=O)c2ccccc2C1=O. The fourth-order valence-electron chi connectivity index (χ4n) is 3.47. The number of amides is 3. The van der Waals surface area contributed by atoms with Crippen molar-refractivity contribution in [3.05, 3.63) is 74.3 Å². The van der Waals surface area contributed by atoms with E-state index in [2.05, 4.69) is 20.5 Å². The van der Waals surface area contributed by atoms with Crippen LogP contribution in [0.5, 0.6) is 5.75 Å². The Balaban J connectivity index is 1.36. The van der Waals surface area contributed by atoms with E-state index in [0.717, 1.165) is 6.07 Å². The monoisotopic (exact) mass is 495 g/mol. The van der Waals surface area contributed by atoms with Gasteiger partial charge in [-0.25, -0.2) is 4.90 Å². The summed E-state index contributed by atoms with van der Waals surface area (Å²) in [5, 5.41) is 35.1. The number of carbonyl (C=O) groups is 3. The number of aromatic hydroxyl groups is 1. The molecule has 35 heavy (non-hydrogen) atoms. The fraction of sp³-hybridized carbons (Fsp3) is 0.190. The number of rotatable bonds is 8. The molecule has 2 aromatic carbocycles. The van der Waals surface area contributed by atoms with Crippen molar-refractivity contribution >= 4 is 41.3 Å². The molecule has 13 nitrogen and oxygen atoms in total. The Bertz CT molecular complexity index is 1410. The second-order valence-corrected chi connectivity index (χ2v) is 7.86. The predicted molar refractivity (Wildman–Crippen MR) is 122 cm³/mol. The summed E-state index contributed by atoms with van der Waals surface area (Å²) >= 11 is 5.13. The van der Waals surface area contributed by atoms with E-state index in [4.69, 9.17) is 12.2 Å². The van der Waals surface area contributed by atoms with Crippen molar-refractivity contribution < 1.29 is 24.4 Å². The minimum atomic E-state index is -0.649. The van der Waals surface area contributed by atoms with E-state index in [1.807, 2.05) is 0 Å². The van der Waals surface area contributed by atoms with Crippen LogP contribution in [0.3, 0.4) is 0 Å². The van der Waals surface area contributed by atoms with Crippen molar-refractivity contribution in [3.63, 3.8) is 0 Å². The molecule has 3 aromatic rings. The zero-order valence-electron chi connectivity index (χ0n) is 17.9. The van der Waals surface area contributed by atoms with Crippen LogP contribution in [0, 0.1) is 14.9 Å². The molecule has 2 N–H and O–H groups in total. The summed E-state index contributed by atoms with van der Waals surface area (Å²) in [6.45, 7) is 0. The maximum Gasteiger partial charge on any atom is 0.273 e. The number of H-pyrrole nitrogens is 1. The van der Waals surface area contributed by atoms with E-state index >= 15 is 0 Å². The van der Waals surface area contributed by atoms with Crippen molar-refractivity contribution in [2.75, 3.05) is 0 Å². The lowest BCUT2D eigenvalue weighted by Crippen LogP contribution is -2.35. The lowest BCUT2D eigenvalue weighted by Gasteiger charge is -2.11. The number of aromatic nitrogens is 3. The van der Waals surface area contributed by atoms with Gasteiger partial charge in [0.15, 0.2) is 5.82 Å². The second kappa shape index (κ2) is 9.72. The summed E-state index contributed by atoms with van der Waals surface area (Å²) in [6, 6.07) is 9.65. The van der Waals surface area contributed by atoms with Gasteiger partial charge in [0.05, 0.1) is 22.1 Å². The molecule has 0 atom stereocenters. The highest BCUT2D eigenvalue weighted by atomic mass is 32.1. The van der Waals surface area contributed by atoms with Gasteiger partial charge >= 0.3 is 0 Å². The minimum Gasteiger partial charge on any atom is -0.505 e. The normalized spacial score (nSPS) is 13.0. The van der Waals surface area contributed by atoms with Crippen LogP contribution in [-0.2, 0) is 11.2 Å². The number of fused-ring (bicyclic) bond motifs is 1. The van der Waals surface area contributed by atoms with Gasteiger partial charge in [0, 0.05) is 18.9 Å². The van der Waals surface area contributed by atoms with Crippen molar-refractivity contribution in [1.82, 2.24) is 19.8 Å². The van der Waals surface area contributed by atoms with Crippen molar-refractivity contribution in [2.24, 2.45) is 10.3 Å². The molecule has 0 aliphatic carbocycles. The maximum atomic E-state index is 12.5. The van der Waals surface area contributed by atoms with Crippen LogP contribution in [0.2, 0.25) is 0 Å². The number of aromatic amines is 1. The van der Waals surface area contributed by atoms with E-state index < -0.39 is 28.4 Å². The molecule has 178 valence electrons. The van der Waals surface area contributed by atoms with E-state index in [1.54, 1.807) is 12.1 Å². The summed E-state index contributed by atoms with van der Waals surface area (Å²) in [4.78, 5) is 48.1. The lowest BCUT2D eigenvalue weighted by atomic mass is 10.1. The number of nitro benzene ring substituents is 1. The summed E-state index contributed by atoms with van der Waals surface area (Å²) in [5.74, 6) is -1.85. The average molecular weight is 495 g/mol. The van der Waals surface area contributed by atoms with E-state index in [1.165, 1.54) is 28.9 Å². The molecule has 0 saturated heterocycles. The molecule has 3 amide bonds. The standard InChI is InChI=1S/C21H17N7O6S/c29-16-11-12(28(33)34)9-10-15(16)22-25-27-17(23-24-21(27)35)7-3-4-8-18(30)26-19(31)13-5-1-2-6-14(13)20(26)32/h1-2,5-6,9-11,29H,3-4,7-8H2,(H,24,35). The van der Waals surface area contributed by atoms with Gasteiger partial charge < -0.3 is 5.11 Å². The van der Waals surface area contributed by atoms with Crippen LogP contribution in [0.15, 0.2) is 52.8 Å². The quantitative estimate of drug-likeness (QED) is 0.119. The minimum absolute atomic E-state index is 0.00353. The highest BCUT2D eigenvalue weighted by Crippen LogP contribution is 2.30. The number of unbranched alkanes of at least 4 members (excludes halogenated alkanes) is 1. The fourth-order valence-corrected chi connectivity index (χ4v) is 3.66. The molecule has 0 unspecified atom stereocenters. The molecular weight excluding hydrogens is 478 g/mol. The Morgan fingerprint density at radius 2 is 1.83 bits per heavy atom. The number of carbonyl (C=O) groups excluding carboxylic acids is 3. The summed E-state index contributed by atoms with van der Waals surface area (Å²) < 4.78 is 1.36. The number of non-ortho nitro benzene ring substituents is 1. The van der Waals surface area contributed by atoms with E-state index in [-0.39, 0.29) is 33.7 Å². The molecule has 1 aliphatic rings. The van der Waals surface area contributed by atoms with Crippen molar-refractivity contribution in [2.45, 2.75) is 25.7 Å². The van der Waals surface area contributed by atoms with E-state index in [0.29, 0.717) is 30.0 Å². The third kappa shape index (κ3) is 4.72. The number of nitrogens with one attached hydrogen (secondary N) is 1. The highest BCUT2D eigenvalue weighted by molar-refractivity contribution is 7.71. The number of hydrogen-bond acceptors (Lipinski definition) is 10. The molecule has 0 spiro atoms. The van der Waals surface area contributed by atoms with Gasteiger partial charge in [-0.3, -0.25) is 29.6 Å². The number of phenolic OH excluding ortho intramolecular Hbond substituents is 1. The molecule has 4 rings (SSSR count). The Kier molecular flexibility index (Phi) is 6.55. The number of imide groups is 3. The summed E-state index contributed by atoms with van der Waals surface area (Å²) in [6.07, 6.45) is 1.15. The average Bonchev–Trinajstić information content (AvgIpc) is 3.32. The molecule has 14 heteroatoms. The molecule has 1 aliphatic heterocycles. The van der Waals surface area contributed by atoms with Crippen LogP contribution in [0.4, 0.5) is 11.4 Å². The van der Waals surface area contributed by atoms with Crippen LogP contribution in [0.25, 0.3) is 0 Å². The highest BCUT2D eigenvalue weighted by Gasteiger charge is 2.38. The lowest BCUT2D eigenvalue weighted by molar-refractivity contribution is -0.384. The van der Waals surface area contributed by atoms with Gasteiger partial charge in [0.2, 0.25) is 10.7 Å². The third-order valence-electron chi connectivity index (χ3n) is 5.21. The number of nitro groups is 1. The Morgan fingerprint density at radius 1 is 1.14 bits per heavy atom. The maximum absolute atomic E-state index is 12.5. The van der Waals surface area contributed by atoms with Gasteiger partial charge in [0.1, 0.15) is 11.4 Å². The summed E-state index contributed by atoms with van der Waals surface area (Å²) in [7, 11) is 0.